The van der Waals surface area contributed by atoms with E-state index in [9.17, 15) is 9.59 Å². The van der Waals surface area contributed by atoms with Crippen LogP contribution in [0.15, 0.2) is 30.5 Å². The molecule has 1 aromatic heterocycles. The molecule has 0 bridgehead atoms. The van der Waals surface area contributed by atoms with Crippen LogP contribution in [0.3, 0.4) is 0 Å². The van der Waals surface area contributed by atoms with Gasteiger partial charge in [0, 0.05) is 34.5 Å². The zero-order valence-corrected chi connectivity index (χ0v) is 15.2. The van der Waals surface area contributed by atoms with E-state index in [1.165, 1.54) is 0 Å². The second-order valence-corrected chi connectivity index (χ2v) is 8.21. The van der Waals surface area contributed by atoms with Gasteiger partial charge in [0.2, 0.25) is 0 Å². The van der Waals surface area contributed by atoms with Crippen molar-refractivity contribution >= 4 is 28.4 Å². The van der Waals surface area contributed by atoms with Crippen molar-refractivity contribution in [3.05, 3.63) is 30.5 Å². The molecule has 1 aliphatic heterocycles. The lowest BCUT2D eigenvalue weighted by atomic mass is 9.79. The molecule has 6 heteroatoms. The van der Waals surface area contributed by atoms with Gasteiger partial charge in [-0.2, -0.15) is 0 Å². The normalized spacial score (nSPS) is 19.5. The van der Waals surface area contributed by atoms with Gasteiger partial charge in [-0.15, -0.1) is 0 Å². The zero-order valence-electron chi connectivity index (χ0n) is 15.2. The number of aromatic nitrogens is 1. The minimum Gasteiger partial charge on any atom is -0.361 e. The Hall–Kier alpha value is -2.34. The number of carbonyl (C=O) groups is 2. The summed E-state index contributed by atoms with van der Waals surface area (Å²) in [4.78, 5) is 27.6. The fourth-order valence-electron chi connectivity index (χ4n) is 3.99. The Bertz CT molecular complexity index is 791. The van der Waals surface area contributed by atoms with Gasteiger partial charge in [-0.25, -0.2) is 0 Å². The van der Waals surface area contributed by atoms with Crippen molar-refractivity contribution in [1.82, 2.24) is 15.6 Å². The van der Waals surface area contributed by atoms with Gasteiger partial charge in [-0.1, -0.05) is 6.07 Å². The SMILES string of the molecule is CC1(C)CC(NC(=O)C(=O)Nc2ccc3cc[nH]c3c2)CC(C)(C)N1. The summed E-state index contributed by atoms with van der Waals surface area (Å²) in [5.41, 5.74) is 1.34. The summed E-state index contributed by atoms with van der Waals surface area (Å²) in [6.45, 7) is 8.44. The minimum atomic E-state index is -0.639. The number of fused-ring (bicyclic) bond motifs is 1. The second kappa shape index (κ2) is 6.19. The first-order valence-electron chi connectivity index (χ1n) is 8.62. The average molecular weight is 342 g/mol. The van der Waals surface area contributed by atoms with Gasteiger partial charge < -0.3 is 20.9 Å². The third kappa shape index (κ3) is 4.20. The summed E-state index contributed by atoms with van der Waals surface area (Å²) in [5.74, 6) is -1.23. The quantitative estimate of drug-likeness (QED) is 0.633. The highest BCUT2D eigenvalue weighted by Gasteiger charge is 2.38. The Labute approximate surface area is 147 Å². The van der Waals surface area contributed by atoms with Crippen molar-refractivity contribution in [2.24, 2.45) is 0 Å². The van der Waals surface area contributed by atoms with Crippen molar-refractivity contribution in [3.8, 4) is 0 Å². The highest BCUT2D eigenvalue weighted by atomic mass is 16.2. The van der Waals surface area contributed by atoms with Crippen LogP contribution in [0.4, 0.5) is 5.69 Å². The molecule has 0 aliphatic carbocycles. The lowest BCUT2D eigenvalue weighted by molar-refractivity contribution is -0.137. The highest BCUT2D eigenvalue weighted by Crippen LogP contribution is 2.28. The number of carbonyl (C=O) groups excluding carboxylic acids is 2. The molecule has 25 heavy (non-hydrogen) atoms. The van der Waals surface area contributed by atoms with Gasteiger partial charge in [-0.05, 0) is 64.1 Å². The first-order chi connectivity index (χ1) is 11.6. The van der Waals surface area contributed by atoms with Gasteiger partial charge in [0.15, 0.2) is 0 Å². The lowest BCUT2D eigenvalue weighted by Crippen LogP contribution is -2.62. The van der Waals surface area contributed by atoms with Crippen LogP contribution < -0.4 is 16.0 Å². The van der Waals surface area contributed by atoms with Crippen molar-refractivity contribution in [2.75, 3.05) is 5.32 Å². The minimum absolute atomic E-state index is 0.0320. The van der Waals surface area contributed by atoms with Crippen LogP contribution in [0.25, 0.3) is 10.9 Å². The first-order valence-corrected chi connectivity index (χ1v) is 8.62. The molecule has 0 unspecified atom stereocenters. The van der Waals surface area contributed by atoms with Crippen molar-refractivity contribution in [1.29, 1.82) is 0 Å². The number of benzene rings is 1. The third-order valence-electron chi connectivity index (χ3n) is 4.54. The van der Waals surface area contributed by atoms with E-state index in [1.807, 2.05) is 24.4 Å². The van der Waals surface area contributed by atoms with E-state index >= 15 is 0 Å². The molecule has 0 spiro atoms. The summed E-state index contributed by atoms with van der Waals surface area (Å²) in [6, 6.07) is 7.43. The molecule has 134 valence electrons. The highest BCUT2D eigenvalue weighted by molar-refractivity contribution is 6.39. The van der Waals surface area contributed by atoms with Crippen LogP contribution >= 0.6 is 0 Å². The molecule has 4 N–H and O–H groups in total. The Morgan fingerprint density at radius 2 is 1.72 bits per heavy atom. The van der Waals surface area contributed by atoms with Crippen LogP contribution in [0, 0.1) is 0 Å². The van der Waals surface area contributed by atoms with Crippen molar-refractivity contribution in [2.45, 2.75) is 57.7 Å². The van der Waals surface area contributed by atoms with E-state index in [0.717, 1.165) is 23.7 Å². The largest absolute Gasteiger partial charge is 0.361 e. The summed E-state index contributed by atoms with van der Waals surface area (Å²) < 4.78 is 0. The lowest BCUT2D eigenvalue weighted by Gasteiger charge is -2.46. The summed E-state index contributed by atoms with van der Waals surface area (Å²) in [6.07, 6.45) is 3.40. The van der Waals surface area contributed by atoms with E-state index in [1.54, 1.807) is 6.07 Å². The van der Waals surface area contributed by atoms with Gasteiger partial charge in [0.1, 0.15) is 0 Å². The molecular weight excluding hydrogens is 316 g/mol. The Morgan fingerprint density at radius 1 is 1.04 bits per heavy atom. The predicted octanol–water partition coefficient (Wildman–Crippen LogP) is 2.53. The molecule has 1 aliphatic rings. The number of nitrogens with one attached hydrogen (secondary N) is 4. The molecule has 2 amide bonds. The molecule has 0 radical (unpaired) electrons. The number of H-pyrrole nitrogens is 1. The number of rotatable bonds is 2. The predicted molar refractivity (Wildman–Crippen MR) is 99.4 cm³/mol. The fourth-order valence-corrected chi connectivity index (χ4v) is 3.99. The fraction of sp³-hybridized carbons (Fsp3) is 0.474. The van der Waals surface area contributed by atoms with Crippen LogP contribution in [0.5, 0.6) is 0 Å². The summed E-state index contributed by atoms with van der Waals surface area (Å²) in [5, 5.41) is 10.2. The molecule has 2 heterocycles. The molecule has 1 saturated heterocycles. The molecular formula is C19H26N4O2. The van der Waals surface area contributed by atoms with E-state index in [2.05, 4.69) is 48.6 Å². The maximum absolute atomic E-state index is 12.3. The van der Waals surface area contributed by atoms with Gasteiger partial charge in [-0.3, -0.25) is 9.59 Å². The monoisotopic (exact) mass is 342 g/mol. The van der Waals surface area contributed by atoms with E-state index in [4.69, 9.17) is 0 Å². The van der Waals surface area contributed by atoms with Crippen molar-refractivity contribution < 1.29 is 9.59 Å². The topological polar surface area (TPSA) is 86.0 Å². The summed E-state index contributed by atoms with van der Waals surface area (Å²) >= 11 is 0. The Balaban J connectivity index is 1.63. The third-order valence-corrected chi connectivity index (χ3v) is 4.54. The second-order valence-electron chi connectivity index (χ2n) is 8.21. The molecule has 2 aromatic rings. The zero-order chi connectivity index (χ0) is 18.2. The molecule has 3 rings (SSSR count). The van der Waals surface area contributed by atoms with E-state index in [0.29, 0.717) is 5.69 Å². The molecule has 0 saturated carbocycles. The Kier molecular flexibility index (Phi) is 4.33. The number of hydrogen-bond acceptors (Lipinski definition) is 3. The number of aromatic amines is 1. The smallest absolute Gasteiger partial charge is 0.313 e. The van der Waals surface area contributed by atoms with Crippen LogP contribution in [-0.4, -0.2) is 33.9 Å². The number of hydrogen-bond donors (Lipinski definition) is 4. The van der Waals surface area contributed by atoms with Crippen molar-refractivity contribution in [3.63, 3.8) is 0 Å². The maximum atomic E-state index is 12.3. The van der Waals surface area contributed by atoms with Gasteiger partial charge in [0.25, 0.3) is 0 Å². The Morgan fingerprint density at radius 3 is 2.40 bits per heavy atom. The van der Waals surface area contributed by atoms with Crippen LogP contribution in [0.2, 0.25) is 0 Å². The van der Waals surface area contributed by atoms with Crippen LogP contribution in [0.1, 0.15) is 40.5 Å². The standard InChI is InChI=1S/C19H26N4O2/c1-18(2)10-14(11-19(3,4)23-18)22-17(25)16(24)21-13-6-5-12-7-8-20-15(12)9-13/h5-9,14,20,23H,10-11H2,1-4H3,(H,21,24)(H,22,25). The number of piperidine rings is 1. The van der Waals surface area contributed by atoms with E-state index < -0.39 is 11.8 Å². The summed E-state index contributed by atoms with van der Waals surface area (Å²) in [7, 11) is 0. The average Bonchev–Trinajstić information content (AvgIpc) is 2.91. The molecule has 1 aromatic carbocycles. The van der Waals surface area contributed by atoms with Gasteiger partial charge >= 0.3 is 11.8 Å². The molecule has 6 nitrogen and oxygen atoms in total. The number of amides is 2. The number of anilines is 1. The maximum Gasteiger partial charge on any atom is 0.313 e. The molecule has 0 atom stereocenters. The van der Waals surface area contributed by atoms with Gasteiger partial charge in [0.05, 0.1) is 0 Å². The van der Waals surface area contributed by atoms with Crippen LogP contribution in [-0.2, 0) is 9.59 Å². The first kappa shape index (κ1) is 17.5. The van der Waals surface area contributed by atoms with E-state index in [-0.39, 0.29) is 17.1 Å². The molecule has 1 fully saturated rings.